The molecular formula is C25H22N4O5. The lowest BCUT2D eigenvalue weighted by Crippen LogP contribution is -2.27. The maximum atomic E-state index is 12.8. The van der Waals surface area contributed by atoms with Crippen LogP contribution in [0.4, 0.5) is 0 Å². The molecule has 0 aliphatic carbocycles. The number of nitrogens with one attached hydrogen (secondary N) is 2. The molecule has 9 heteroatoms. The number of fused-ring (bicyclic) bond motifs is 1. The second-order valence-electron chi connectivity index (χ2n) is 7.45. The first-order valence-corrected chi connectivity index (χ1v) is 10.4. The zero-order chi connectivity index (χ0) is 24.1. The molecule has 4 aromatic rings. The molecule has 3 aromatic carbocycles. The lowest BCUT2D eigenvalue weighted by molar-refractivity contribution is 0.0939. The van der Waals surface area contributed by atoms with Crippen LogP contribution in [0.25, 0.3) is 10.9 Å². The zero-order valence-corrected chi connectivity index (χ0v) is 18.3. The van der Waals surface area contributed by atoms with Crippen molar-refractivity contribution >= 4 is 22.7 Å². The quantitative estimate of drug-likeness (QED) is 0.371. The third-order valence-electron chi connectivity index (χ3n) is 5.13. The van der Waals surface area contributed by atoms with Crippen LogP contribution in [0, 0.1) is 0 Å². The van der Waals surface area contributed by atoms with E-state index in [2.05, 4.69) is 15.3 Å². The molecule has 1 heterocycles. The molecule has 34 heavy (non-hydrogen) atoms. The summed E-state index contributed by atoms with van der Waals surface area (Å²) in [6.45, 7) is 0.413. The number of H-pyrrole nitrogens is 1. The fourth-order valence-corrected chi connectivity index (χ4v) is 3.36. The number of benzene rings is 3. The molecular weight excluding hydrogens is 436 g/mol. The summed E-state index contributed by atoms with van der Waals surface area (Å²) in [5.41, 5.74) is 7.12. The highest BCUT2D eigenvalue weighted by Crippen LogP contribution is 2.22. The minimum absolute atomic E-state index is 0.0976. The predicted molar refractivity (Wildman–Crippen MR) is 126 cm³/mol. The van der Waals surface area contributed by atoms with Gasteiger partial charge in [0.05, 0.1) is 12.6 Å². The fraction of sp³-hybridized carbons (Fsp3) is 0.120. The van der Waals surface area contributed by atoms with Crippen LogP contribution >= 0.6 is 0 Å². The summed E-state index contributed by atoms with van der Waals surface area (Å²) in [6.07, 6.45) is 0. The maximum Gasteiger partial charge on any atom is 0.287 e. The largest absolute Gasteiger partial charge is 0.497 e. The van der Waals surface area contributed by atoms with Crippen LogP contribution < -0.4 is 26.1 Å². The number of rotatable bonds is 8. The smallest absolute Gasteiger partial charge is 0.287 e. The molecule has 0 spiro atoms. The molecule has 4 N–H and O–H groups in total. The summed E-state index contributed by atoms with van der Waals surface area (Å²) < 4.78 is 11.0. The van der Waals surface area contributed by atoms with E-state index < -0.39 is 17.4 Å². The molecule has 0 aliphatic heterocycles. The molecule has 0 saturated heterocycles. The van der Waals surface area contributed by atoms with Gasteiger partial charge in [0, 0.05) is 12.1 Å². The Kier molecular flexibility index (Phi) is 6.54. The van der Waals surface area contributed by atoms with Crippen molar-refractivity contribution < 1.29 is 19.1 Å². The van der Waals surface area contributed by atoms with Crippen LogP contribution in [0.15, 0.2) is 71.5 Å². The van der Waals surface area contributed by atoms with Gasteiger partial charge in [0.2, 0.25) is 5.91 Å². The number of aromatic nitrogens is 2. The molecule has 0 radical (unpaired) electrons. The van der Waals surface area contributed by atoms with Crippen molar-refractivity contribution in [1.82, 2.24) is 15.3 Å². The Morgan fingerprint density at radius 1 is 1.03 bits per heavy atom. The first-order chi connectivity index (χ1) is 16.4. The number of primary amides is 1. The second-order valence-corrected chi connectivity index (χ2v) is 7.45. The Balaban J connectivity index is 1.50. The van der Waals surface area contributed by atoms with Crippen LogP contribution in [-0.4, -0.2) is 28.9 Å². The third kappa shape index (κ3) is 5.04. The average molecular weight is 458 g/mol. The maximum absolute atomic E-state index is 12.8. The number of aromatic amines is 1. The SMILES string of the molecule is COc1cccc(CNC(=O)c2nc3cccc(OCc4ccc(C(N)=O)cc4)c3c(=O)[nH]2)c1. The summed E-state index contributed by atoms with van der Waals surface area (Å²) in [4.78, 5) is 43.4. The number of carbonyl (C=O) groups excluding carboxylic acids is 2. The van der Waals surface area contributed by atoms with Gasteiger partial charge in [-0.1, -0.05) is 30.3 Å². The van der Waals surface area contributed by atoms with Crippen molar-refractivity contribution in [3.63, 3.8) is 0 Å². The molecule has 9 nitrogen and oxygen atoms in total. The number of nitrogens with two attached hydrogens (primary N) is 1. The van der Waals surface area contributed by atoms with Crippen LogP contribution in [-0.2, 0) is 13.2 Å². The molecule has 2 amide bonds. The van der Waals surface area contributed by atoms with Crippen LogP contribution in [0.3, 0.4) is 0 Å². The molecule has 0 bridgehead atoms. The van der Waals surface area contributed by atoms with Crippen molar-refractivity contribution in [2.45, 2.75) is 13.2 Å². The summed E-state index contributed by atoms with van der Waals surface area (Å²) >= 11 is 0. The number of hydrogen-bond acceptors (Lipinski definition) is 6. The van der Waals surface area contributed by atoms with Gasteiger partial charge in [-0.15, -0.1) is 0 Å². The Bertz CT molecular complexity index is 1410. The van der Waals surface area contributed by atoms with Gasteiger partial charge in [0.25, 0.3) is 11.5 Å². The first-order valence-electron chi connectivity index (χ1n) is 10.4. The topological polar surface area (TPSA) is 136 Å². The highest BCUT2D eigenvalue weighted by atomic mass is 16.5. The van der Waals surface area contributed by atoms with Crippen molar-refractivity contribution in [2.24, 2.45) is 5.73 Å². The third-order valence-corrected chi connectivity index (χ3v) is 5.13. The molecule has 0 unspecified atom stereocenters. The summed E-state index contributed by atoms with van der Waals surface area (Å²) in [6, 6.07) is 18.9. The summed E-state index contributed by atoms with van der Waals surface area (Å²) in [5, 5.41) is 2.98. The van der Waals surface area contributed by atoms with Crippen molar-refractivity contribution in [3.05, 3.63) is 99.6 Å². The highest BCUT2D eigenvalue weighted by molar-refractivity contribution is 5.94. The van der Waals surface area contributed by atoms with Crippen molar-refractivity contribution in [2.75, 3.05) is 7.11 Å². The molecule has 0 fully saturated rings. The summed E-state index contributed by atoms with van der Waals surface area (Å²) in [5.74, 6) is -0.112. The molecule has 0 saturated carbocycles. The van der Waals surface area contributed by atoms with E-state index in [-0.39, 0.29) is 24.4 Å². The number of hydrogen-bond donors (Lipinski definition) is 3. The minimum Gasteiger partial charge on any atom is -0.497 e. The minimum atomic E-state index is -0.512. The first kappa shape index (κ1) is 22.5. The molecule has 1 aromatic heterocycles. The Hall–Kier alpha value is -4.66. The zero-order valence-electron chi connectivity index (χ0n) is 18.3. The van der Waals surface area contributed by atoms with Gasteiger partial charge in [-0.05, 0) is 47.5 Å². The lowest BCUT2D eigenvalue weighted by atomic mass is 10.1. The number of carbonyl (C=O) groups is 2. The highest BCUT2D eigenvalue weighted by Gasteiger charge is 2.14. The van der Waals surface area contributed by atoms with Crippen LogP contribution in [0.1, 0.15) is 32.1 Å². The Morgan fingerprint density at radius 3 is 2.53 bits per heavy atom. The number of nitrogens with zero attached hydrogens (tertiary/aromatic N) is 1. The summed E-state index contributed by atoms with van der Waals surface area (Å²) in [7, 11) is 1.57. The monoisotopic (exact) mass is 458 g/mol. The van der Waals surface area contributed by atoms with Gasteiger partial charge >= 0.3 is 0 Å². The Labute approximate surface area is 194 Å². The average Bonchev–Trinajstić information content (AvgIpc) is 2.86. The molecule has 4 rings (SSSR count). The van der Waals surface area contributed by atoms with Crippen molar-refractivity contribution in [1.29, 1.82) is 0 Å². The van der Waals surface area contributed by atoms with Gasteiger partial charge in [-0.2, -0.15) is 0 Å². The van der Waals surface area contributed by atoms with E-state index in [1.807, 2.05) is 24.3 Å². The van der Waals surface area contributed by atoms with E-state index in [4.69, 9.17) is 15.2 Å². The van der Waals surface area contributed by atoms with Crippen LogP contribution in [0.5, 0.6) is 11.5 Å². The van der Waals surface area contributed by atoms with Gasteiger partial charge in [0.15, 0.2) is 5.82 Å². The fourth-order valence-electron chi connectivity index (χ4n) is 3.36. The van der Waals surface area contributed by atoms with Gasteiger partial charge in [-0.25, -0.2) is 4.98 Å². The number of ether oxygens (including phenoxy) is 2. The van der Waals surface area contributed by atoms with E-state index in [1.165, 1.54) is 0 Å². The van der Waals surface area contributed by atoms with Crippen molar-refractivity contribution in [3.8, 4) is 11.5 Å². The number of amides is 2. The van der Waals surface area contributed by atoms with E-state index >= 15 is 0 Å². The van der Waals surface area contributed by atoms with E-state index in [9.17, 15) is 14.4 Å². The molecule has 0 aliphatic rings. The molecule has 172 valence electrons. The standard InChI is InChI=1S/C25H22N4O5/c1-33-18-5-2-4-16(12-18)13-27-25(32)23-28-19-6-3-7-20(21(19)24(31)29-23)34-14-15-8-10-17(11-9-15)22(26)30/h2-12H,13-14H2,1H3,(H2,26,30)(H,27,32)(H,28,29,31). The number of methoxy groups -OCH3 is 1. The van der Waals surface area contributed by atoms with E-state index in [0.29, 0.717) is 22.6 Å². The van der Waals surface area contributed by atoms with E-state index in [1.54, 1.807) is 49.6 Å². The normalized spacial score (nSPS) is 10.6. The van der Waals surface area contributed by atoms with Gasteiger partial charge < -0.3 is 25.5 Å². The second kappa shape index (κ2) is 9.86. The lowest BCUT2D eigenvalue weighted by Gasteiger charge is -2.10. The van der Waals surface area contributed by atoms with Crippen LogP contribution in [0.2, 0.25) is 0 Å². The van der Waals surface area contributed by atoms with E-state index in [0.717, 1.165) is 11.1 Å². The molecule has 0 atom stereocenters. The van der Waals surface area contributed by atoms with Gasteiger partial charge in [-0.3, -0.25) is 14.4 Å². The Morgan fingerprint density at radius 2 is 1.79 bits per heavy atom. The van der Waals surface area contributed by atoms with Gasteiger partial charge in [0.1, 0.15) is 23.5 Å². The predicted octanol–water partition coefficient (Wildman–Crippen LogP) is 2.54.